The van der Waals surface area contributed by atoms with E-state index in [1.807, 2.05) is 0 Å². The molecule has 0 aliphatic heterocycles. The Morgan fingerprint density at radius 3 is 2.40 bits per heavy atom. The van der Waals surface area contributed by atoms with Crippen LogP contribution >= 0.6 is 0 Å². The van der Waals surface area contributed by atoms with Crippen molar-refractivity contribution >= 4 is 0 Å². The minimum absolute atomic E-state index is 0.601. The molecule has 0 spiro atoms. The Morgan fingerprint density at radius 2 is 2.10 bits per heavy atom. The van der Waals surface area contributed by atoms with Crippen molar-refractivity contribution in [2.45, 2.75) is 13.3 Å². The van der Waals surface area contributed by atoms with E-state index in [9.17, 15) is 0 Å². The first-order valence-corrected chi connectivity index (χ1v) is 3.96. The number of hydrogen-bond acceptors (Lipinski definition) is 2. The Balaban J connectivity index is 3.39. The summed E-state index contributed by atoms with van der Waals surface area (Å²) in [6, 6.07) is 0. The van der Waals surface area contributed by atoms with Crippen LogP contribution in [0.4, 0.5) is 0 Å². The second-order valence-electron chi connectivity index (χ2n) is 2.79. The van der Waals surface area contributed by atoms with Gasteiger partial charge < -0.3 is 0 Å². The fourth-order valence-electron chi connectivity index (χ4n) is 0.891. The van der Waals surface area contributed by atoms with Crippen molar-refractivity contribution in [3.63, 3.8) is 0 Å². The monoisotopic (exact) mass is 188 g/mol. The second kappa shape index (κ2) is 6.14. The van der Waals surface area contributed by atoms with Gasteiger partial charge >= 0.3 is 71.1 Å². The zero-order valence-corrected chi connectivity index (χ0v) is 7.86. The Hall–Kier alpha value is 0.414. The summed E-state index contributed by atoms with van der Waals surface area (Å²) in [4.78, 5) is 2.16. The summed E-state index contributed by atoms with van der Waals surface area (Å²) in [5, 5.41) is 0. The van der Waals surface area contributed by atoms with Crippen LogP contribution in [0.2, 0.25) is 0 Å². The Kier molecular flexibility index (Phi) is 6.40. The molecule has 0 radical (unpaired) electrons. The van der Waals surface area contributed by atoms with Gasteiger partial charge in [-0.25, -0.2) is 0 Å². The van der Waals surface area contributed by atoms with Gasteiger partial charge in [0.25, 0.3) is 0 Å². The van der Waals surface area contributed by atoms with Crippen LogP contribution < -0.4 is 0 Å². The molecule has 1 atom stereocenters. The molecule has 0 amide bonds. The van der Waals surface area contributed by atoms with E-state index in [1.165, 1.54) is 0 Å². The van der Waals surface area contributed by atoms with Gasteiger partial charge in [0.05, 0.1) is 0 Å². The minimum atomic E-state index is 0.601. The number of rotatable bonds is 5. The van der Waals surface area contributed by atoms with Crippen LogP contribution in [0, 0.1) is 5.92 Å². The van der Waals surface area contributed by atoms with Crippen LogP contribution in [-0.2, 0) is 19.7 Å². The van der Waals surface area contributed by atoms with Crippen LogP contribution in [0.15, 0.2) is 0 Å². The molecule has 0 aromatic heterocycles. The normalized spacial score (nSPS) is 14.2. The van der Waals surface area contributed by atoms with Crippen LogP contribution in [0.1, 0.15) is 13.3 Å². The Bertz CT molecular complexity index is 78.0. The molecular formula is C7H16NNiO. The first-order valence-electron chi connectivity index (χ1n) is 3.56. The van der Waals surface area contributed by atoms with Gasteiger partial charge in [-0.05, 0) is 0 Å². The summed E-state index contributed by atoms with van der Waals surface area (Å²) < 4.78 is 4.69. The van der Waals surface area contributed by atoms with E-state index in [1.54, 1.807) is 0 Å². The summed E-state index contributed by atoms with van der Waals surface area (Å²) in [6.07, 6.45) is 1.14. The van der Waals surface area contributed by atoms with E-state index >= 15 is 0 Å². The summed E-state index contributed by atoms with van der Waals surface area (Å²) >= 11 is 4.16. The molecule has 3 heteroatoms. The standard InChI is InChI=1S/C7H16NO.Ni/c1-4-7(6-9)5-8(2)3;/h7H,4-6H2,1-3H3;/q-1;+1. The SMILES string of the molecule is CCC(C[O][Ni])CN(C)C. The van der Waals surface area contributed by atoms with Crippen molar-refractivity contribution in [1.82, 2.24) is 4.90 Å². The van der Waals surface area contributed by atoms with Crippen molar-refractivity contribution in [3.8, 4) is 0 Å². The van der Waals surface area contributed by atoms with Gasteiger partial charge in [-0.2, -0.15) is 0 Å². The molecule has 0 rings (SSSR count). The van der Waals surface area contributed by atoms with Crippen LogP contribution in [0.5, 0.6) is 0 Å². The first kappa shape index (κ1) is 10.4. The predicted molar refractivity (Wildman–Crippen MR) is 38.3 cm³/mol. The summed E-state index contributed by atoms with van der Waals surface area (Å²) in [6.45, 7) is 3.95. The van der Waals surface area contributed by atoms with E-state index in [-0.39, 0.29) is 0 Å². The zero-order chi connectivity index (χ0) is 7.98. The zero-order valence-electron chi connectivity index (χ0n) is 6.87. The van der Waals surface area contributed by atoms with Gasteiger partial charge in [0, 0.05) is 0 Å². The van der Waals surface area contributed by atoms with Gasteiger partial charge in [-0.15, -0.1) is 0 Å². The molecule has 0 aliphatic rings. The summed E-state index contributed by atoms with van der Waals surface area (Å²) in [5.74, 6) is 0.601. The van der Waals surface area contributed by atoms with Gasteiger partial charge in [-0.1, -0.05) is 0 Å². The maximum atomic E-state index is 4.69. The van der Waals surface area contributed by atoms with Crippen molar-refractivity contribution in [2.75, 3.05) is 27.2 Å². The van der Waals surface area contributed by atoms with Crippen molar-refractivity contribution in [3.05, 3.63) is 0 Å². The molecular weight excluding hydrogens is 173 g/mol. The Morgan fingerprint density at radius 1 is 1.50 bits per heavy atom. The third-order valence-corrected chi connectivity index (χ3v) is 1.65. The topological polar surface area (TPSA) is 12.5 Å². The quantitative estimate of drug-likeness (QED) is 0.599. The molecule has 0 bridgehead atoms. The fourth-order valence-corrected chi connectivity index (χ4v) is 1.12. The molecule has 0 saturated heterocycles. The van der Waals surface area contributed by atoms with E-state index in [0.717, 1.165) is 13.0 Å². The van der Waals surface area contributed by atoms with Crippen molar-refractivity contribution in [1.29, 1.82) is 0 Å². The van der Waals surface area contributed by atoms with Crippen LogP contribution in [0.3, 0.4) is 0 Å². The first-order chi connectivity index (χ1) is 4.70. The van der Waals surface area contributed by atoms with Crippen molar-refractivity contribution < 1.29 is 19.7 Å². The molecule has 0 aromatic carbocycles. The third kappa shape index (κ3) is 5.22. The van der Waals surface area contributed by atoms with E-state index in [4.69, 9.17) is 3.88 Å². The third-order valence-electron chi connectivity index (χ3n) is 1.49. The molecule has 0 N–H and O–H groups in total. The second-order valence-corrected chi connectivity index (χ2v) is 3.08. The predicted octanol–water partition coefficient (Wildman–Crippen LogP) is 1.05. The molecule has 0 aromatic rings. The molecule has 0 aliphatic carbocycles. The number of hydrogen-bond donors (Lipinski definition) is 0. The average Bonchev–Trinajstić information content (AvgIpc) is 1.86. The van der Waals surface area contributed by atoms with Gasteiger partial charge in [0.1, 0.15) is 0 Å². The molecule has 0 saturated carbocycles. The summed E-state index contributed by atoms with van der Waals surface area (Å²) in [7, 11) is 4.13. The Labute approximate surface area is 71.6 Å². The van der Waals surface area contributed by atoms with Gasteiger partial charge in [0.2, 0.25) is 0 Å². The van der Waals surface area contributed by atoms with Crippen LogP contribution in [0.25, 0.3) is 0 Å². The van der Waals surface area contributed by atoms with Gasteiger partial charge in [-0.3, -0.25) is 0 Å². The fraction of sp³-hybridized carbons (Fsp3) is 1.00. The molecule has 10 heavy (non-hydrogen) atoms. The van der Waals surface area contributed by atoms with Gasteiger partial charge in [0.15, 0.2) is 0 Å². The molecule has 65 valence electrons. The number of nitrogens with zero attached hydrogens (tertiary/aromatic N) is 1. The molecule has 0 fully saturated rings. The van der Waals surface area contributed by atoms with Crippen LogP contribution in [-0.4, -0.2) is 32.1 Å². The van der Waals surface area contributed by atoms with E-state index in [2.05, 4.69) is 41.7 Å². The summed E-state index contributed by atoms with van der Waals surface area (Å²) in [5.41, 5.74) is 0. The maximum absolute atomic E-state index is 4.69. The van der Waals surface area contributed by atoms with E-state index < -0.39 is 0 Å². The van der Waals surface area contributed by atoms with E-state index in [0.29, 0.717) is 12.5 Å². The average molecular weight is 189 g/mol. The molecule has 2 nitrogen and oxygen atoms in total. The van der Waals surface area contributed by atoms with Crippen molar-refractivity contribution in [2.24, 2.45) is 5.92 Å². The molecule has 0 heterocycles. The molecule has 1 unspecified atom stereocenters.